The lowest BCUT2D eigenvalue weighted by Crippen LogP contribution is -2.30. The number of hydrogen-bond donors (Lipinski definition) is 1. The molecule has 1 atom stereocenters. The third kappa shape index (κ3) is 4.83. The smallest absolute Gasteiger partial charge is 0.259 e. The molecule has 0 saturated heterocycles. The van der Waals surface area contributed by atoms with Crippen molar-refractivity contribution in [3.8, 4) is 5.75 Å². The maximum atomic E-state index is 13.4. The van der Waals surface area contributed by atoms with Gasteiger partial charge in [0.05, 0.1) is 24.4 Å². The number of carbonyl (C=O) groups is 2. The quantitative estimate of drug-likeness (QED) is 0.496. The summed E-state index contributed by atoms with van der Waals surface area (Å²) < 4.78 is 12.0. The van der Waals surface area contributed by atoms with Crippen LogP contribution in [0.3, 0.4) is 0 Å². The van der Waals surface area contributed by atoms with Gasteiger partial charge in [0.2, 0.25) is 0 Å². The lowest BCUT2D eigenvalue weighted by Gasteiger charge is -2.22. The monoisotopic (exact) mass is 499 g/mol. The number of hydrogen-bond acceptors (Lipinski definition) is 5. The Hall–Kier alpha value is -3.71. The molecule has 0 spiro atoms. The number of nitrogens with zero attached hydrogens (tertiary/aromatic N) is 2. The minimum atomic E-state index is -0.340. The molecule has 3 aromatic rings. The summed E-state index contributed by atoms with van der Waals surface area (Å²) >= 11 is 0. The summed E-state index contributed by atoms with van der Waals surface area (Å²) in [5, 5.41) is 3.09. The molecule has 0 unspecified atom stereocenters. The zero-order valence-electron chi connectivity index (χ0n) is 22.0. The molecular formula is C30H33N3O4. The van der Waals surface area contributed by atoms with Crippen LogP contribution in [0.25, 0.3) is 0 Å². The van der Waals surface area contributed by atoms with Crippen molar-refractivity contribution in [1.82, 2.24) is 10.3 Å². The Morgan fingerprint density at radius 2 is 1.84 bits per heavy atom. The fourth-order valence-electron chi connectivity index (χ4n) is 5.08. The largest absolute Gasteiger partial charge is 0.491 e. The highest BCUT2D eigenvalue weighted by molar-refractivity contribution is 6.07. The van der Waals surface area contributed by atoms with Crippen LogP contribution in [0.4, 0.5) is 5.82 Å². The van der Waals surface area contributed by atoms with Gasteiger partial charge in [-0.1, -0.05) is 18.2 Å². The number of anilines is 1. The predicted molar refractivity (Wildman–Crippen MR) is 142 cm³/mol. The van der Waals surface area contributed by atoms with E-state index in [1.807, 2.05) is 71.0 Å². The second-order valence-corrected chi connectivity index (χ2v) is 10.5. The molecule has 0 aliphatic carbocycles. The van der Waals surface area contributed by atoms with Crippen LogP contribution in [0.15, 0.2) is 54.7 Å². The van der Waals surface area contributed by atoms with Crippen LogP contribution >= 0.6 is 0 Å². The maximum Gasteiger partial charge on any atom is 0.259 e. The molecule has 7 heteroatoms. The Labute approximate surface area is 217 Å². The van der Waals surface area contributed by atoms with Crippen LogP contribution in [0, 0.1) is 0 Å². The van der Waals surface area contributed by atoms with Crippen LogP contribution in [0.5, 0.6) is 5.75 Å². The zero-order chi connectivity index (χ0) is 26.3. The van der Waals surface area contributed by atoms with E-state index in [2.05, 4.69) is 10.3 Å². The molecule has 0 saturated carbocycles. The first-order chi connectivity index (χ1) is 17.6. The van der Waals surface area contributed by atoms with Gasteiger partial charge in [0, 0.05) is 29.4 Å². The van der Waals surface area contributed by atoms with E-state index in [0.29, 0.717) is 35.8 Å². The van der Waals surface area contributed by atoms with Crippen molar-refractivity contribution in [3.63, 3.8) is 0 Å². The van der Waals surface area contributed by atoms with Gasteiger partial charge in [0.15, 0.2) is 0 Å². The van der Waals surface area contributed by atoms with Gasteiger partial charge in [-0.3, -0.25) is 14.5 Å². The average molecular weight is 500 g/mol. The van der Waals surface area contributed by atoms with Gasteiger partial charge in [0.1, 0.15) is 11.6 Å². The van der Waals surface area contributed by atoms with Crippen molar-refractivity contribution in [3.05, 3.63) is 88.1 Å². The van der Waals surface area contributed by atoms with Crippen molar-refractivity contribution in [2.24, 2.45) is 0 Å². The van der Waals surface area contributed by atoms with E-state index in [4.69, 9.17) is 9.47 Å². The molecule has 2 aromatic carbocycles. The lowest BCUT2D eigenvalue weighted by atomic mass is 9.94. The summed E-state index contributed by atoms with van der Waals surface area (Å²) in [6.45, 7) is 11.0. The average Bonchev–Trinajstić information content (AvgIpc) is 3.43. The molecule has 5 rings (SSSR count). The molecule has 192 valence electrons. The molecule has 0 fully saturated rings. The molecule has 2 amide bonds. The summed E-state index contributed by atoms with van der Waals surface area (Å²) in [5.74, 6) is 1.01. The van der Waals surface area contributed by atoms with Crippen LogP contribution in [-0.4, -0.2) is 29.4 Å². The molecular weight excluding hydrogens is 466 g/mol. The van der Waals surface area contributed by atoms with Crippen LogP contribution in [0.1, 0.15) is 83.6 Å². The van der Waals surface area contributed by atoms with Gasteiger partial charge in [-0.25, -0.2) is 4.98 Å². The summed E-state index contributed by atoms with van der Waals surface area (Å²) in [6.07, 6.45) is 2.40. The van der Waals surface area contributed by atoms with Crippen molar-refractivity contribution < 1.29 is 19.1 Å². The summed E-state index contributed by atoms with van der Waals surface area (Å²) in [5.41, 5.74) is 4.81. The number of nitrogens with one attached hydrogen (secondary N) is 1. The second kappa shape index (κ2) is 9.63. The molecule has 2 aliphatic rings. The van der Waals surface area contributed by atoms with E-state index in [9.17, 15) is 9.59 Å². The van der Waals surface area contributed by atoms with Gasteiger partial charge >= 0.3 is 0 Å². The van der Waals surface area contributed by atoms with E-state index in [0.717, 1.165) is 28.7 Å². The molecule has 1 N–H and O–H groups in total. The Morgan fingerprint density at radius 1 is 1.05 bits per heavy atom. The first-order valence-electron chi connectivity index (χ1n) is 12.8. The molecule has 0 bridgehead atoms. The number of fused-ring (bicyclic) bond motifs is 2. The number of aromatic nitrogens is 1. The van der Waals surface area contributed by atoms with Crippen molar-refractivity contribution >= 4 is 17.6 Å². The number of carbonyl (C=O) groups excluding carboxylic acids is 2. The minimum absolute atomic E-state index is 0.0961. The van der Waals surface area contributed by atoms with Gasteiger partial charge in [-0.05, 0) is 88.1 Å². The highest BCUT2D eigenvalue weighted by Crippen LogP contribution is 2.36. The zero-order valence-corrected chi connectivity index (χ0v) is 22.0. The van der Waals surface area contributed by atoms with Crippen molar-refractivity contribution in [2.45, 2.75) is 65.4 Å². The van der Waals surface area contributed by atoms with E-state index >= 15 is 0 Å². The summed E-state index contributed by atoms with van der Waals surface area (Å²) in [6, 6.07) is 14.7. The minimum Gasteiger partial charge on any atom is -0.491 e. The van der Waals surface area contributed by atoms with Gasteiger partial charge < -0.3 is 14.8 Å². The SMILES string of the molecule is CC(C)Oc1cc(C(=O)N2CCc3cccnc32)ccc1[C@H](C)NC(=O)c1ccc2c(c1)COC2(C)C. The number of rotatable bonds is 6. The third-order valence-electron chi connectivity index (χ3n) is 7.01. The Morgan fingerprint density at radius 3 is 2.62 bits per heavy atom. The van der Waals surface area contributed by atoms with Crippen LogP contribution in [-0.2, 0) is 23.4 Å². The first kappa shape index (κ1) is 25.0. The van der Waals surface area contributed by atoms with Gasteiger partial charge in [-0.15, -0.1) is 0 Å². The summed E-state index contributed by atoms with van der Waals surface area (Å²) in [4.78, 5) is 32.6. The Balaban J connectivity index is 1.37. The van der Waals surface area contributed by atoms with Gasteiger partial charge in [0.25, 0.3) is 11.8 Å². The Kier molecular flexibility index (Phi) is 6.50. The first-order valence-corrected chi connectivity index (χ1v) is 12.8. The lowest BCUT2D eigenvalue weighted by molar-refractivity contribution is -0.00789. The fourth-order valence-corrected chi connectivity index (χ4v) is 5.08. The predicted octanol–water partition coefficient (Wildman–Crippen LogP) is 5.33. The molecule has 2 aliphatic heterocycles. The molecule has 7 nitrogen and oxygen atoms in total. The third-order valence-corrected chi connectivity index (χ3v) is 7.01. The number of pyridine rings is 1. The standard InChI is InChI=1S/C30H33N3O4/c1-18(2)37-26-16-22(29(35)33-14-12-20-7-6-13-31-27(20)33)8-10-24(26)19(3)32-28(34)21-9-11-25-23(15-21)17-36-30(25,4)5/h6-11,13,15-16,18-19H,12,14,17H2,1-5H3,(H,32,34)/t19-/m0/s1. The fraction of sp³-hybridized carbons (Fsp3) is 0.367. The van der Waals surface area contributed by atoms with E-state index in [-0.39, 0.29) is 29.6 Å². The second-order valence-electron chi connectivity index (χ2n) is 10.5. The van der Waals surface area contributed by atoms with E-state index in [1.165, 1.54) is 0 Å². The highest BCUT2D eigenvalue weighted by Gasteiger charge is 2.31. The van der Waals surface area contributed by atoms with Crippen molar-refractivity contribution in [2.75, 3.05) is 11.4 Å². The topological polar surface area (TPSA) is 80.8 Å². The van der Waals surface area contributed by atoms with Crippen LogP contribution in [0.2, 0.25) is 0 Å². The van der Waals surface area contributed by atoms with Crippen molar-refractivity contribution in [1.29, 1.82) is 0 Å². The molecule has 0 radical (unpaired) electrons. The molecule has 37 heavy (non-hydrogen) atoms. The summed E-state index contributed by atoms with van der Waals surface area (Å²) in [7, 11) is 0. The molecule has 1 aromatic heterocycles. The van der Waals surface area contributed by atoms with E-state index < -0.39 is 0 Å². The van der Waals surface area contributed by atoms with Crippen LogP contribution < -0.4 is 15.0 Å². The van der Waals surface area contributed by atoms with Gasteiger partial charge in [-0.2, -0.15) is 0 Å². The Bertz CT molecular complexity index is 1360. The maximum absolute atomic E-state index is 13.4. The number of ether oxygens (including phenoxy) is 2. The highest BCUT2D eigenvalue weighted by atomic mass is 16.5. The molecule has 3 heterocycles. The number of benzene rings is 2. The normalized spacial score (nSPS) is 16.3. The number of amides is 2. The van der Waals surface area contributed by atoms with E-state index in [1.54, 1.807) is 23.2 Å².